The zero-order valence-corrected chi connectivity index (χ0v) is 9.40. The normalized spacial score (nSPS) is 48.0. The van der Waals surface area contributed by atoms with Gasteiger partial charge in [-0.3, -0.25) is 0 Å². The zero-order chi connectivity index (χ0) is 12.4. The number of piperidine rings is 1. The van der Waals surface area contributed by atoms with Crippen molar-refractivity contribution in [3.05, 3.63) is 0 Å². The molecule has 0 aromatic heterocycles. The van der Waals surface area contributed by atoms with E-state index in [1.165, 1.54) is 0 Å². The maximum Gasteiger partial charge on any atom is 0.186 e. The average Bonchev–Trinajstić information content (AvgIpc) is 2.32. The molecule has 2 aliphatic rings. The molecule has 0 aliphatic carbocycles. The van der Waals surface area contributed by atoms with Crippen molar-refractivity contribution in [1.82, 2.24) is 5.32 Å². The molecule has 2 heterocycles. The molecular weight excluding hydrogens is 230 g/mol. The summed E-state index contributed by atoms with van der Waals surface area (Å²) in [7, 11) is 0. The van der Waals surface area contributed by atoms with Crippen molar-refractivity contribution in [2.45, 2.75) is 43.2 Å². The van der Waals surface area contributed by atoms with Crippen molar-refractivity contribution >= 4 is 0 Å². The van der Waals surface area contributed by atoms with Crippen LogP contribution in [0.3, 0.4) is 0 Å². The van der Waals surface area contributed by atoms with Gasteiger partial charge in [-0.1, -0.05) is 0 Å². The van der Waals surface area contributed by atoms with E-state index in [-0.39, 0.29) is 6.61 Å². The summed E-state index contributed by atoms with van der Waals surface area (Å²) < 4.78 is 10.5. The van der Waals surface area contributed by atoms with E-state index in [0.29, 0.717) is 13.0 Å². The minimum Gasteiger partial charge on any atom is -0.390 e. The lowest BCUT2D eigenvalue weighted by molar-refractivity contribution is -0.290. The van der Waals surface area contributed by atoms with Gasteiger partial charge in [0, 0.05) is 6.54 Å². The second-order valence-electron chi connectivity index (χ2n) is 4.48. The Bertz CT molecular complexity index is 253. The molecule has 17 heavy (non-hydrogen) atoms. The lowest BCUT2D eigenvalue weighted by Gasteiger charge is -2.38. The van der Waals surface area contributed by atoms with Crippen molar-refractivity contribution in [1.29, 1.82) is 0 Å². The van der Waals surface area contributed by atoms with Gasteiger partial charge in [0.05, 0.1) is 18.8 Å². The Hall–Kier alpha value is -0.280. The third-order valence-corrected chi connectivity index (χ3v) is 3.15. The standard InChI is InChI=1S/C10H19NO6/c12-5-1-2-11-3-7(5)17-10-9(15)8(14)6(13)4-16-10/h5-15H,1-4H2/t5-,6-,7-,8+,9-,10+/m1/s1. The van der Waals surface area contributed by atoms with Crippen LogP contribution in [0.5, 0.6) is 0 Å². The number of nitrogens with one attached hydrogen (secondary N) is 1. The summed E-state index contributed by atoms with van der Waals surface area (Å²) in [5.41, 5.74) is 0. The number of hydrogen-bond donors (Lipinski definition) is 5. The molecule has 100 valence electrons. The van der Waals surface area contributed by atoms with Crippen LogP contribution in [0.2, 0.25) is 0 Å². The van der Waals surface area contributed by atoms with Gasteiger partial charge < -0.3 is 35.2 Å². The van der Waals surface area contributed by atoms with Crippen molar-refractivity contribution in [2.24, 2.45) is 0 Å². The highest BCUT2D eigenvalue weighted by atomic mass is 16.7. The Morgan fingerprint density at radius 1 is 1.06 bits per heavy atom. The molecular formula is C10H19NO6. The Kier molecular flexibility index (Phi) is 4.31. The predicted molar refractivity (Wildman–Crippen MR) is 56.1 cm³/mol. The number of aliphatic hydroxyl groups is 4. The van der Waals surface area contributed by atoms with Crippen LogP contribution in [0, 0.1) is 0 Å². The Labute approximate surface area is 99.0 Å². The monoisotopic (exact) mass is 249 g/mol. The van der Waals surface area contributed by atoms with Gasteiger partial charge in [0.25, 0.3) is 0 Å². The summed E-state index contributed by atoms with van der Waals surface area (Å²) in [6.07, 6.45) is -5.26. The van der Waals surface area contributed by atoms with E-state index in [1.807, 2.05) is 0 Å². The fourth-order valence-electron chi connectivity index (χ4n) is 2.03. The van der Waals surface area contributed by atoms with E-state index in [4.69, 9.17) is 9.47 Å². The van der Waals surface area contributed by atoms with Crippen LogP contribution in [0.25, 0.3) is 0 Å². The van der Waals surface area contributed by atoms with Gasteiger partial charge in [-0.15, -0.1) is 0 Å². The average molecular weight is 249 g/mol. The van der Waals surface area contributed by atoms with Crippen molar-refractivity contribution < 1.29 is 29.9 Å². The smallest absolute Gasteiger partial charge is 0.186 e. The summed E-state index contributed by atoms with van der Waals surface area (Å²) in [4.78, 5) is 0. The molecule has 0 spiro atoms. The predicted octanol–water partition coefficient (Wildman–Crippen LogP) is -2.84. The highest BCUT2D eigenvalue weighted by Crippen LogP contribution is 2.20. The molecule has 2 saturated heterocycles. The first-order valence-electron chi connectivity index (χ1n) is 5.79. The summed E-state index contributed by atoms with van der Waals surface area (Å²) >= 11 is 0. The largest absolute Gasteiger partial charge is 0.390 e. The SMILES string of the molecule is O[C@@H]1[C@@H](O)[C@H](O[C@@H]2CNCC[C@H]2O)OC[C@H]1O. The molecule has 0 saturated carbocycles. The molecule has 0 unspecified atom stereocenters. The summed E-state index contributed by atoms with van der Waals surface area (Å²) in [5, 5.41) is 41.2. The topological polar surface area (TPSA) is 111 Å². The lowest BCUT2D eigenvalue weighted by Crippen LogP contribution is -2.57. The van der Waals surface area contributed by atoms with Gasteiger partial charge in [-0.25, -0.2) is 0 Å². The van der Waals surface area contributed by atoms with Gasteiger partial charge in [0.1, 0.15) is 18.3 Å². The van der Waals surface area contributed by atoms with E-state index in [9.17, 15) is 20.4 Å². The van der Waals surface area contributed by atoms with E-state index < -0.39 is 36.8 Å². The van der Waals surface area contributed by atoms with Crippen LogP contribution < -0.4 is 5.32 Å². The van der Waals surface area contributed by atoms with Gasteiger partial charge >= 0.3 is 0 Å². The number of rotatable bonds is 2. The number of hydrogen-bond acceptors (Lipinski definition) is 7. The Morgan fingerprint density at radius 2 is 1.82 bits per heavy atom. The highest BCUT2D eigenvalue weighted by Gasteiger charge is 2.40. The van der Waals surface area contributed by atoms with Gasteiger partial charge in [-0.05, 0) is 13.0 Å². The first-order valence-corrected chi connectivity index (χ1v) is 5.79. The van der Waals surface area contributed by atoms with Crippen molar-refractivity contribution in [2.75, 3.05) is 19.7 Å². The molecule has 2 fully saturated rings. The second-order valence-corrected chi connectivity index (χ2v) is 4.48. The third-order valence-electron chi connectivity index (χ3n) is 3.15. The highest BCUT2D eigenvalue weighted by molar-refractivity contribution is 4.85. The van der Waals surface area contributed by atoms with E-state index in [2.05, 4.69) is 5.32 Å². The van der Waals surface area contributed by atoms with Crippen molar-refractivity contribution in [3.63, 3.8) is 0 Å². The molecule has 6 atom stereocenters. The maximum absolute atomic E-state index is 9.69. The molecule has 0 bridgehead atoms. The van der Waals surface area contributed by atoms with E-state index in [1.54, 1.807) is 0 Å². The zero-order valence-electron chi connectivity index (χ0n) is 9.40. The molecule has 0 aromatic carbocycles. The van der Waals surface area contributed by atoms with Gasteiger partial charge in [0.2, 0.25) is 0 Å². The first-order chi connectivity index (χ1) is 8.09. The van der Waals surface area contributed by atoms with Gasteiger partial charge in [0.15, 0.2) is 6.29 Å². The summed E-state index contributed by atoms with van der Waals surface area (Å²) in [6.45, 7) is 1.09. The van der Waals surface area contributed by atoms with E-state index in [0.717, 1.165) is 6.54 Å². The Morgan fingerprint density at radius 3 is 2.53 bits per heavy atom. The van der Waals surface area contributed by atoms with Gasteiger partial charge in [-0.2, -0.15) is 0 Å². The van der Waals surface area contributed by atoms with Crippen LogP contribution in [0.1, 0.15) is 6.42 Å². The molecule has 7 heteroatoms. The summed E-state index contributed by atoms with van der Waals surface area (Å²) in [5.74, 6) is 0. The summed E-state index contributed by atoms with van der Waals surface area (Å²) in [6, 6.07) is 0. The molecule has 0 aromatic rings. The fourth-order valence-corrected chi connectivity index (χ4v) is 2.03. The molecule has 0 radical (unpaired) electrons. The lowest BCUT2D eigenvalue weighted by atomic mass is 10.0. The molecule has 0 amide bonds. The molecule has 7 nitrogen and oxygen atoms in total. The van der Waals surface area contributed by atoms with Crippen molar-refractivity contribution in [3.8, 4) is 0 Å². The fraction of sp³-hybridized carbons (Fsp3) is 1.00. The van der Waals surface area contributed by atoms with Crippen LogP contribution in [0.4, 0.5) is 0 Å². The minimum absolute atomic E-state index is 0.0981. The molecule has 5 N–H and O–H groups in total. The van der Waals surface area contributed by atoms with Crippen LogP contribution in [0.15, 0.2) is 0 Å². The first kappa shape index (κ1) is 13.2. The minimum atomic E-state index is -1.31. The third kappa shape index (κ3) is 2.94. The Balaban J connectivity index is 1.89. The van der Waals surface area contributed by atoms with Crippen LogP contribution in [-0.4, -0.2) is 76.9 Å². The van der Waals surface area contributed by atoms with E-state index >= 15 is 0 Å². The number of aliphatic hydroxyl groups excluding tert-OH is 4. The molecule has 2 rings (SSSR count). The molecule has 2 aliphatic heterocycles. The number of ether oxygens (including phenoxy) is 2. The van der Waals surface area contributed by atoms with Crippen LogP contribution >= 0.6 is 0 Å². The quantitative estimate of drug-likeness (QED) is 0.358. The maximum atomic E-state index is 9.69. The second kappa shape index (κ2) is 5.57. The van der Waals surface area contributed by atoms with Crippen LogP contribution in [-0.2, 0) is 9.47 Å².